The van der Waals surface area contributed by atoms with Crippen molar-refractivity contribution in [3.8, 4) is 0 Å². The molecule has 0 spiro atoms. The van der Waals surface area contributed by atoms with Gasteiger partial charge in [-0.1, -0.05) is 95.5 Å². The minimum Gasteiger partial charge on any atom is -0.481 e. The number of aliphatic carboxylic acids is 2. The number of nitrogens with zero attached hydrogens (tertiary/aromatic N) is 15. The average molecular weight is 1960 g/mol. The number of thiazole rings is 3. The second kappa shape index (κ2) is 43.0. The number of nitrogens with one attached hydrogen (secondary N) is 3. The summed E-state index contributed by atoms with van der Waals surface area (Å²) in [4.78, 5) is 147. The van der Waals surface area contributed by atoms with E-state index in [0.29, 0.717) is 181 Å². The predicted molar refractivity (Wildman–Crippen MR) is 503 cm³/mol. The van der Waals surface area contributed by atoms with Gasteiger partial charge in [0, 0.05) is 200 Å². The molecule has 6 saturated heterocycles. The zero-order valence-electron chi connectivity index (χ0n) is 73.3. The summed E-state index contributed by atoms with van der Waals surface area (Å²) in [5.74, 6) is -3.11. The lowest BCUT2D eigenvalue weighted by atomic mass is 9.94. The number of fused-ring (bicyclic) bond motifs is 3. The first-order valence-corrected chi connectivity index (χ1v) is 46.8. The number of carboxylic acids is 2. The van der Waals surface area contributed by atoms with Crippen molar-refractivity contribution in [2.75, 3.05) is 148 Å². The van der Waals surface area contributed by atoms with E-state index in [4.69, 9.17) is 83.7 Å². The number of carbonyl (C=O) groups excluding carboxylic acids is 6. The Bertz CT molecular complexity index is 6110. The van der Waals surface area contributed by atoms with Crippen LogP contribution >= 0.6 is 68.8 Å². The van der Waals surface area contributed by atoms with Crippen molar-refractivity contribution in [2.45, 2.75) is 68.3 Å². The molecule has 6 amide bonds. The molecular weight excluding hydrogens is 1870 g/mol. The number of methoxy groups -OCH3 is 4. The fourth-order valence-corrected chi connectivity index (χ4v) is 20.3. The molecule has 0 bridgehead atoms. The molecule has 9 aromatic rings. The van der Waals surface area contributed by atoms with Crippen molar-refractivity contribution >= 4 is 151 Å². The van der Waals surface area contributed by atoms with Gasteiger partial charge >= 0.3 is 47.9 Å². The van der Waals surface area contributed by atoms with Crippen LogP contribution in [-0.2, 0) is 67.3 Å². The van der Waals surface area contributed by atoms with Gasteiger partial charge in [-0.3, -0.25) is 49.2 Å². The highest BCUT2D eigenvalue weighted by Gasteiger charge is 2.50. The molecule has 135 heavy (non-hydrogen) atoms. The van der Waals surface area contributed by atoms with E-state index in [9.17, 15) is 52.2 Å². The molecule has 704 valence electrons. The van der Waals surface area contributed by atoms with Crippen LogP contribution in [0.5, 0.6) is 0 Å². The van der Waals surface area contributed by atoms with E-state index < -0.39 is 65.6 Å². The molecule has 9 aliphatic rings. The van der Waals surface area contributed by atoms with E-state index in [1.54, 1.807) is 52.5 Å². The number of carbonyl (C=O) groups is 8. The number of aryl methyl sites for hydroxylation is 1. The molecule has 18 rings (SSSR count). The normalized spacial score (nSPS) is 20.7. The largest absolute Gasteiger partial charge is 0.481 e. The zero-order chi connectivity index (χ0) is 94.8. The van der Waals surface area contributed by atoms with Crippen molar-refractivity contribution in [2.24, 2.45) is 15.0 Å². The van der Waals surface area contributed by atoms with Gasteiger partial charge in [0.1, 0.15) is 36.4 Å². The third-order valence-electron chi connectivity index (χ3n) is 24.3. The number of rotatable bonds is 28. The second-order valence-corrected chi connectivity index (χ2v) is 36.5. The summed E-state index contributed by atoms with van der Waals surface area (Å²) in [7, 11) is 5.59. The first kappa shape index (κ1) is 95.6. The fourth-order valence-electron chi connectivity index (χ4n) is 17.9. The molecule has 0 unspecified atom stereocenters. The van der Waals surface area contributed by atoms with Crippen molar-refractivity contribution in [3.05, 3.63) is 277 Å². The molecule has 7 atom stereocenters. The Balaban J connectivity index is 0.000000147. The number of carboxylic acid groups (broad SMARTS) is 2. The highest BCUT2D eigenvalue weighted by atomic mass is 35.5. The number of hydrogen-bond donors (Lipinski definition) is 6. The highest BCUT2D eigenvalue weighted by molar-refractivity contribution is 7.12. The first-order chi connectivity index (χ1) is 65.3. The Morgan fingerprint density at radius 1 is 0.474 bits per heavy atom. The number of amides is 6. The number of esters is 3. The Morgan fingerprint density at radius 3 is 1.30 bits per heavy atom. The number of aliphatic hydroxyl groups is 1. The molecule has 6 fully saturated rings. The van der Waals surface area contributed by atoms with Gasteiger partial charge in [0.25, 0.3) is 0 Å². The van der Waals surface area contributed by atoms with Gasteiger partial charge in [-0.15, -0.1) is 34.0 Å². The number of halogens is 5. The Morgan fingerprint density at radius 2 is 0.889 bits per heavy atom. The third kappa shape index (κ3) is 21.6. The van der Waals surface area contributed by atoms with E-state index in [1.807, 2.05) is 116 Å². The van der Waals surface area contributed by atoms with E-state index in [-0.39, 0.29) is 84.6 Å². The number of benzene rings is 6. The summed E-state index contributed by atoms with van der Waals surface area (Å²) in [6, 6.07) is 34.2. The number of aromatic nitrogens is 3. The van der Waals surface area contributed by atoms with Crippen LogP contribution in [0, 0.1) is 11.6 Å². The summed E-state index contributed by atoms with van der Waals surface area (Å²) in [6.07, 6.45) is 5.47. The lowest BCUT2D eigenvalue weighted by Gasteiger charge is -2.43. The van der Waals surface area contributed by atoms with E-state index in [1.165, 1.54) is 91.7 Å². The van der Waals surface area contributed by atoms with Gasteiger partial charge in [-0.25, -0.2) is 57.3 Å². The number of hydrogen-bond acceptors (Lipinski definition) is 29. The predicted octanol–water partition coefficient (Wildman–Crippen LogP) is 11.2. The maximum atomic E-state index is 14.0. The van der Waals surface area contributed by atoms with Gasteiger partial charge in [0.15, 0.2) is 32.5 Å². The highest BCUT2D eigenvalue weighted by Crippen LogP contribution is 2.42. The molecule has 3 aromatic heterocycles. The fraction of sp³-hybridized carbons (Fsp3) is 0.333. The van der Waals surface area contributed by atoms with Crippen molar-refractivity contribution < 1.29 is 86.1 Å². The van der Waals surface area contributed by atoms with Crippen LogP contribution in [-0.4, -0.2) is 283 Å². The Hall–Kier alpha value is -12.5. The molecule has 12 heterocycles. The zero-order valence-corrected chi connectivity index (χ0v) is 78.0. The summed E-state index contributed by atoms with van der Waals surface area (Å²) in [5, 5.41) is 46.7. The first-order valence-electron chi connectivity index (χ1n) is 43.0. The number of ether oxygens (including phenoxy) is 5. The van der Waals surface area contributed by atoms with Crippen molar-refractivity contribution in [3.63, 3.8) is 0 Å². The minimum atomic E-state index is -1.03. The van der Waals surface area contributed by atoms with Crippen LogP contribution in [0.3, 0.4) is 0 Å². The number of piperazine rings is 3. The van der Waals surface area contributed by atoms with Crippen LogP contribution < -0.4 is 30.7 Å². The SMILES string of the molecule is COC(=O)C1=C(CN2CCN3C(=O)N(c4ccc(CCC(=O)O)cc4)C[C@@H]3[C@H]2CO)NC(c2nccs2)=N[C@H]1c1ccc(Cl)cc1.COC(=O)C1=C(CN2CCN3C(=O)N(c4ccc(COCC(=O)O)cc4)C[C@@H]3C2)NC(c2nccs2)=N[C@H]1c1ccc(F)cc1Cl.COCc1ccc(N2C[C@@H]3CN(CC4=C(C(=O)OC)[C@H](c5ccc(F)cc5Cl)N=C(c5nccs5)N4)CCN3C2=O)cc1. The summed E-state index contributed by atoms with van der Waals surface area (Å²) >= 11 is 23.3. The average Bonchev–Trinajstić information content (AvgIpc) is 1.74. The summed E-state index contributed by atoms with van der Waals surface area (Å²) < 4.78 is 53.9. The Kier molecular flexibility index (Phi) is 30.5. The van der Waals surface area contributed by atoms with Gasteiger partial charge in [-0.2, -0.15) is 0 Å². The summed E-state index contributed by atoms with van der Waals surface area (Å²) in [5.41, 5.74) is 9.34. The second-order valence-electron chi connectivity index (χ2n) is 32.6. The van der Waals surface area contributed by atoms with Crippen molar-refractivity contribution in [1.82, 2.24) is 60.3 Å². The van der Waals surface area contributed by atoms with Crippen molar-refractivity contribution in [1.29, 1.82) is 0 Å². The van der Waals surface area contributed by atoms with Crippen LogP contribution in [0.2, 0.25) is 15.1 Å². The van der Waals surface area contributed by atoms with E-state index >= 15 is 0 Å². The summed E-state index contributed by atoms with van der Waals surface area (Å²) in [6.45, 7) is 6.68. The quantitative estimate of drug-likeness (QED) is 0.0196. The molecule has 9 aliphatic heterocycles. The van der Waals surface area contributed by atoms with Crippen LogP contribution in [0.1, 0.15) is 72.9 Å². The number of urea groups is 3. The third-order valence-corrected chi connectivity index (χ3v) is 27.6. The molecule has 0 aliphatic carbocycles. The maximum Gasteiger partial charge on any atom is 0.338 e. The van der Waals surface area contributed by atoms with Crippen LogP contribution in [0.15, 0.2) is 217 Å². The van der Waals surface area contributed by atoms with Gasteiger partial charge in [0.2, 0.25) is 0 Å². The number of amidine groups is 3. The number of aliphatic hydroxyl groups excluding tert-OH is 1. The standard InChI is InChI=1S/C32H33ClN6O6S.C31H30ClFN6O6S.C30H30ClFN6O4S/c1-45-31(43)27-23(35-29(30-34-12-15-46-30)36-28(27)20-5-7-21(33)8-6-20)16-37-13-14-38-24(25(37)18-40)17-39(32(38)44)22-9-2-19(3-10-22)4-11-26(41)42;1-44-30(42)26-24(35-28(29-34-8-11-46-29)36-27(26)22-7-4-19(33)12-23(22)32)15-37-9-10-38-21(13-37)14-39(31(38)43)20-5-2-18(3-6-20)16-45-17-25(40)41;1-41-17-18-3-6-20(7-4-18)38-15-21-14-36(10-11-37(21)30(38)40)16-24-25(29(39)42-2)26(22-8-5-19(32)13-23(22)31)35-27(34-24)28-33-9-12-43-28/h2-3,5-10,12,15,24-25,28,40H,4,11,13-14,16-18H2,1H3,(H,35,36)(H,41,42);2-8,11-12,21,27H,9-10,13-17H2,1H3,(H,35,36)(H,40,41);3-9,12-13,21,26H,10-11,14-17H2,1-2H3,(H,34,35)/t24-,25-,28+;21-,27-;21-,26-/m100/s1. The monoisotopic (exact) mass is 1960 g/mol. The smallest absolute Gasteiger partial charge is 0.338 e. The molecule has 42 heteroatoms. The molecule has 0 radical (unpaired) electrons. The number of aliphatic imine (C=N–C) groups is 3. The molecule has 6 N–H and O–H groups in total. The maximum absolute atomic E-state index is 14.0. The van der Waals surface area contributed by atoms with E-state index in [2.05, 4.69) is 45.6 Å². The minimum absolute atomic E-state index is 0.0152. The van der Waals surface area contributed by atoms with Crippen LogP contribution in [0.25, 0.3) is 0 Å². The molecular formula is C93H93Cl3F2N18O16S3. The van der Waals surface area contributed by atoms with Gasteiger partial charge < -0.3 is 69.7 Å². The molecule has 0 saturated carbocycles. The Labute approximate surface area is 801 Å². The van der Waals surface area contributed by atoms with Gasteiger partial charge in [-0.05, 0) is 101 Å². The topological polar surface area (TPSA) is 384 Å². The lowest BCUT2D eigenvalue weighted by molar-refractivity contribution is -0.143. The molecule has 6 aromatic carbocycles. The van der Waals surface area contributed by atoms with E-state index in [0.717, 1.165) is 33.6 Å². The van der Waals surface area contributed by atoms with Gasteiger partial charge in [0.05, 0.1) is 82.0 Å². The molecule has 34 nitrogen and oxygen atoms in total. The lowest BCUT2D eigenvalue weighted by Crippen LogP contribution is -2.61. The number of anilines is 3. The van der Waals surface area contributed by atoms with Crippen LogP contribution in [0.4, 0.5) is 40.2 Å².